The minimum absolute atomic E-state index is 0.0121. The van der Waals surface area contributed by atoms with Crippen LogP contribution in [0, 0.1) is 0 Å². The number of hydrogen-bond donors (Lipinski definition) is 2. The van der Waals surface area contributed by atoms with Crippen LogP contribution in [0.4, 0.5) is 5.69 Å². The lowest BCUT2D eigenvalue weighted by Gasteiger charge is -2.23. The maximum atomic E-state index is 13.0. The Balaban J connectivity index is 1.91. The SMILES string of the molecule is O=C1CSc2cc(S(=O)(=O)N(CCO)Cc3ccccc3)ccc2N1. The van der Waals surface area contributed by atoms with Crippen molar-refractivity contribution < 1.29 is 18.3 Å². The van der Waals surface area contributed by atoms with E-state index in [0.29, 0.717) is 5.69 Å². The van der Waals surface area contributed by atoms with Crippen molar-refractivity contribution in [2.24, 2.45) is 0 Å². The van der Waals surface area contributed by atoms with Crippen LogP contribution in [0.3, 0.4) is 0 Å². The monoisotopic (exact) mass is 378 g/mol. The summed E-state index contributed by atoms with van der Waals surface area (Å²) in [6, 6.07) is 13.9. The number of nitrogens with zero attached hydrogens (tertiary/aromatic N) is 1. The highest BCUT2D eigenvalue weighted by atomic mass is 32.2. The van der Waals surface area contributed by atoms with E-state index in [1.807, 2.05) is 30.3 Å². The van der Waals surface area contributed by atoms with Crippen LogP contribution in [-0.2, 0) is 21.4 Å². The molecule has 0 unspecified atom stereocenters. The summed E-state index contributed by atoms with van der Waals surface area (Å²) in [6.45, 7) is -0.0648. The number of hydrogen-bond acceptors (Lipinski definition) is 5. The van der Waals surface area contributed by atoms with Gasteiger partial charge in [0.2, 0.25) is 15.9 Å². The highest BCUT2D eigenvalue weighted by Crippen LogP contribution is 2.34. The van der Waals surface area contributed by atoms with Crippen molar-refractivity contribution in [2.45, 2.75) is 16.3 Å². The van der Waals surface area contributed by atoms with E-state index in [0.717, 1.165) is 10.5 Å². The zero-order valence-electron chi connectivity index (χ0n) is 13.4. The smallest absolute Gasteiger partial charge is 0.243 e. The topological polar surface area (TPSA) is 86.7 Å². The van der Waals surface area contributed by atoms with E-state index in [9.17, 15) is 18.3 Å². The number of anilines is 1. The highest BCUT2D eigenvalue weighted by molar-refractivity contribution is 8.00. The molecule has 2 N–H and O–H groups in total. The van der Waals surface area contributed by atoms with E-state index in [-0.39, 0.29) is 36.3 Å². The largest absolute Gasteiger partial charge is 0.395 e. The van der Waals surface area contributed by atoms with Crippen molar-refractivity contribution in [3.8, 4) is 0 Å². The molecular formula is C17H18N2O4S2. The van der Waals surface area contributed by atoms with Gasteiger partial charge in [0.15, 0.2) is 0 Å². The molecule has 0 fully saturated rings. The van der Waals surface area contributed by atoms with Gasteiger partial charge in [-0.15, -0.1) is 11.8 Å². The molecule has 2 aromatic rings. The molecule has 0 atom stereocenters. The summed E-state index contributed by atoms with van der Waals surface area (Å²) in [5.74, 6) is 0.167. The normalized spacial score (nSPS) is 14.2. The predicted octanol–water partition coefficient (Wildman–Crippen LogP) is 1.91. The van der Waals surface area contributed by atoms with Crippen LogP contribution in [-0.4, -0.2) is 42.6 Å². The zero-order valence-corrected chi connectivity index (χ0v) is 15.0. The first-order valence-electron chi connectivity index (χ1n) is 7.72. The highest BCUT2D eigenvalue weighted by Gasteiger charge is 2.26. The number of thioether (sulfide) groups is 1. The first-order valence-corrected chi connectivity index (χ1v) is 10.1. The molecule has 0 saturated heterocycles. The third-order valence-electron chi connectivity index (χ3n) is 3.77. The number of carbonyl (C=O) groups excluding carboxylic acids is 1. The number of amides is 1. The van der Waals surface area contributed by atoms with Gasteiger partial charge in [0, 0.05) is 18.0 Å². The van der Waals surface area contributed by atoms with Crippen LogP contribution in [0.1, 0.15) is 5.56 Å². The molecule has 1 aliphatic rings. The maximum absolute atomic E-state index is 13.0. The fourth-order valence-corrected chi connectivity index (χ4v) is 4.91. The third kappa shape index (κ3) is 4.04. The number of fused-ring (bicyclic) bond motifs is 1. The number of sulfonamides is 1. The molecule has 2 aromatic carbocycles. The van der Waals surface area contributed by atoms with Crippen LogP contribution in [0.25, 0.3) is 0 Å². The average molecular weight is 378 g/mol. The minimum atomic E-state index is -3.76. The number of aliphatic hydroxyl groups excluding tert-OH is 1. The van der Waals surface area contributed by atoms with Gasteiger partial charge in [-0.25, -0.2) is 8.42 Å². The second-order valence-corrected chi connectivity index (χ2v) is 8.50. The van der Waals surface area contributed by atoms with Crippen molar-refractivity contribution in [1.82, 2.24) is 4.31 Å². The van der Waals surface area contributed by atoms with Gasteiger partial charge in [-0.1, -0.05) is 30.3 Å². The predicted molar refractivity (Wildman–Crippen MR) is 96.9 cm³/mol. The molecule has 1 amide bonds. The van der Waals surface area contributed by atoms with E-state index in [1.165, 1.54) is 22.1 Å². The van der Waals surface area contributed by atoms with Gasteiger partial charge in [0.25, 0.3) is 0 Å². The van der Waals surface area contributed by atoms with Gasteiger partial charge in [-0.2, -0.15) is 4.31 Å². The number of aliphatic hydroxyl groups is 1. The molecule has 0 aliphatic carbocycles. The molecule has 1 aliphatic heterocycles. The van der Waals surface area contributed by atoms with E-state index in [1.54, 1.807) is 12.1 Å². The van der Waals surface area contributed by atoms with Crippen LogP contribution < -0.4 is 5.32 Å². The van der Waals surface area contributed by atoms with E-state index in [2.05, 4.69) is 5.32 Å². The van der Waals surface area contributed by atoms with Crippen LogP contribution in [0.2, 0.25) is 0 Å². The lowest BCUT2D eigenvalue weighted by Crippen LogP contribution is -2.33. The number of carbonyl (C=O) groups is 1. The van der Waals surface area contributed by atoms with E-state index >= 15 is 0 Å². The van der Waals surface area contributed by atoms with Gasteiger partial charge < -0.3 is 10.4 Å². The van der Waals surface area contributed by atoms with Crippen molar-refractivity contribution in [2.75, 3.05) is 24.2 Å². The van der Waals surface area contributed by atoms with Gasteiger partial charge >= 0.3 is 0 Å². The van der Waals surface area contributed by atoms with Gasteiger partial charge in [0.05, 0.1) is 22.9 Å². The minimum Gasteiger partial charge on any atom is -0.395 e. The summed E-state index contributed by atoms with van der Waals surface area (Å²) in [7, 11) is -3.76. The molecule has 0 spiro atoms. The van der Waals surface area contributed by atoms with Crippen molar-refractivity contribution in [1.29, 1.82) is 0 Å². The molecule has 6 nitrogen and oxygen atoms in total. The summed E-state index contributed by atoms with van der Waals surface area (Å²) in [5.41, 5.74) is 1.47. The number of nitrogens with one attached hydrogen (secondary N) is 1. The molecule has 0 saturated carbocycles. The summed E-state index contributed by atoms with van der Waals surface area (Å²) in [4.78, 5) is 12.3. The summed E-state index contributed by atoms with van der Waals surface area (Å²) >= 11 is 1.31. The Morgan fingerprint density at radius 3 is 2.64 bits per heavy atom. The Bertz CT molecular complexity index is 869. The first-order chi connectivity index (χ1) is 12.0. The second kappa shape index (κ2) is 7.57. The fraction of sp³-hybridized carbons (Fsp3) is 0.235. The standard InChI is InChI=1S/C17H18N2O4S2/c20-9-8-19(11-13-4-2-1-3-5-13)25(22,23)14-6-7-15-16(10-14)24-12-17(21)18-15/h1-7,10,20H,8-9,11-12H2,(H,18,21). The van der Waals surface area contributed by atoms with Gasteiger partial charge in [0.1, 0.15) is 0 Å². The lowest BCUT2D eigenvalue weighted by atomic mass is 10.2. The molecule has 0 radical (unpaired) electrons. The van der Waals surface area contributed by atoms with Crippen LogP contribution >= 0.6 is 11.8 Å². The summed E-state index contributed by atoms with van der Waals surface area (Å²) in [6.07, 6.45) is 0. The Morgan fingerprint density at radius 1 is 1.16 bits per heavy atom. The van der Waals surface area contributed by atoms with Crippen molar-refractivity contribution in [3.05, 3.63) is 54.1 Å². The maximum Gasteiger partial charge on any atom is 0.243 e. The molecule has 25 heavy (non-hydrogen) atoms. The fourth-order valence-electron chi connectivity index (χ4n) is 2.55. The summed E-state index contributed by atoms with van der Waals surface area (Å²) < 4.78 is 27.3. The second-order valence-electron chi connectivity index (χ2n) is 5.54. The van der Waals surface area contributed by atoms with Crippen molar-refractivity contribution >= 4 is 33.4 Å². The average Bonchev–Trinajstić information content (AvgIpc) is 2.61. The Kier molecular flexibility index (Phi) is 5.43. The van der Waals surface area contributed by atoms with Crippen molar-refractivity contribution in [3.63, 3.8) is 0 Å². The number of rotatable bonds is 6. The summed E-state index contributed by atoms with van der Waals surface area (Å²) in [5, 5.41) is 12.0. The van der Waals surface area contributed by atoms with Crippen LogP contribution in [0.5, 0.6) is 0 Å². The molecule has 1 heterocycles. The number of benzene rings is 2. The third-order valence-corrected chi connectivity index (χ3v) is 6.67. The first kappa shape index (κ1) is 17.9. The van der Waals surface area contributed by atoms with E-state index in [4.69, 9.17) is 0 Å². The molecule has 0 aromatic heterocycles. The van der Waals surface area contributed by atoms with Gasteiger partial charge in [-0.05, 0) is 23.8 Å². The zero-order chi connectivity index (χ0) is 17.9. The molecular weight excluding hydrogens is 360 g/mol. The van der Waals surface area contributed by atoms with Crippen LogP contribution in [0.15, 0.2) is 58.3 Å². The molecule has 8 heteroatoms. The Labute approximate surface area is 150 Å². The Hall–Kier alpha value is -1.87. The Morgan fingerprint density at radius 2 is 1.92 bits per heavy atom. The lowest BCUT2D eigenvalue weighted by molar-refractivity contribution is -0.113. The molecule has 0 bridgehead atoms. The quantitative estimate of drug-likeness (QED) is 0.802. The van der Waals surface area contributed by atoms with Gasteiger partial charge in [-0.3, -0.25) is 4.79 Å². The van der Waals surface area contributed by atoms with E-state index < -0.39 is 10.0 Å². The molecule has 3 rings (SSSR count). The molecule has 132 valence electrons.